The molecule has 1 fully saturated rings. The van der Waals surface area contributed by atoms with Gasteiger partial charge in [0.1, 0.15) is 12.1 Å². The van der Waals surface area contributed by atoms with Crippen molar-refractivity contribution in [1.82, 2.24) is 14.9 Å². The monoisotopic (exact) mass is 307 g/mol. The number of rotatable bonds is 1. The van der Waals surface area contributed by atoms with E-state index in [-0.39, 0.29) is 17.9 Å². The summed E-state index contributed by atoms with van der Waals surface area (Å²) in [5.74, 6) is 0.256. The number of carbonyl (C=O) groups excluding carboxylic acids is 1. The molecule has 0 spiro atoms. The van der Waals surface area contributed by atoms with Crippen molar-refractivity contribution in [1.29, 1.82) is 0 Å². The fourth-order valence-electron chi connectivity index (χ4n) is 2.74. The van der Waals surface area contributed by atoms with E-state index in [1.165, 1.54) is 4.57 Å². The highest BCUT2D eigenvalue weighted by molar-refractivity contribution is 6.35. The fraction of sp³-hybridized carbons (Fsp3) is 0.357. The second kappa shape index (κ2) is 5.13. The third kappa shape index (κ3) is 2.30. The lowest BCUT2D eigenvalue weighted by Gasteiger charge is -2.30. The van der Waals surface area contributed by atoms with Crippen molar-refractivity contribution >= 4 is 28.4 Å². The molecule has 0 radical (unpaired) electrons. The number of piperidine rings is 1. The Morgan fingerprint density at radius 2 is 2.19 bits per heavy atom. The molecule has 21 heavy (non-hydrogen) atoms. The van der Waals surface area contributed by atoms with Crippen molar-refractivity contribution in [3.63, 3.8) is 0 Å². The lowest BCUT2D eigenvalue weighted by molar-refractivity contribution is -0.128. The van der Waals surface area contributed by atoms with E-state index in [0.717, 1.165) is 0 Å². The first-order valence-electron chi connectivity index (χ1n) is 6.64. The van der Waals surface area contributed by atoms with Gasteiger partial charge >= 0.3 is 0 Å². The van der Waals surface area contributed by atoms with E-state index in [1.54, 1.807) is 25.1 Å². The molecule has 1 aliphatic rings. The summed E-state index contributed by atoms with van der Waals surface area (Å²) in [5, 5.41) is 13.1. The summed E-state index contributed by atoms with van der Waals surface area (Å²) in [4.78, 5) is 28.4. The molecule has 1 saturated heterocycles. The number of carbonyl (C=O) groups is 1. The molecule has 1 amide bonds. The summed E-state index contributed by atoms with van der Waals surface area (Å²) in [6.07, 6.45) is -0.469. The number of benzene rings is 1. The number of aromatic nitrogens is 2. The fourth-order valence-corrected chi connectivity index (χ4v) is 2.99. The molecule has 2 heterocycles. The number of hydrogen-bond donors (Lipinski definition) is 2. The molecule has 0 bridgehead atoms. The summed E-state index contributed by atoms with van der Waals surface area (Å²) in [5.41, 5.74) is 0.221. The number of aryl methyl sites for hydroxylation is 1. The van der Waals surface area contributed by atoms with Crippen LogP contribution in [0.3, 0.4) is 0 Å². The van der Waals surface area contributed by atoms with Crippen LogP contribution in [0.15, 0.2) is 23.0 Å². The van der Waals surface area contributed by atoms with Crippen LogP contribution in [0, 0.1) is 6.92 Å². The normalized spacial score (nSPS) is 22.3. The van der Waals surface area contributed by atoms with Crippen LogP contribution in [0.4, 0.5) is 0 Å². The molecule has 2 unspecified atom stereocenters. The van der Waals surface area contributed by atoms with Crippen LogP contribution in [0.25, 0.3) is 10.9 Å². The van der Waals surface area contributed by atoms with Gasteiger partial charge in [-0.05, 0) is 25.5 Å². The van der Waals surface area contributed by atoms with Crippen molar-refractivity contribution in [2.45, 2.75) is 32.0 Å². The minimum atomic E-state index is -1.11. The maximum absolute atomic E-state index is 12.7. The van der Waals surface area contributed by atoms with E-state index in [9.17, 15) is 14.7 Å². The minimum Gasteiger partial charge on any atom is -0.372 e. The Balaban J connectivity index is 2.21. The molecule has 0 aliphatic carbocycles. The van der Waals surface area contributed by atoms with Crippen LogP contribution in [0.2, 0.25) is 5.02 Å². The number of aliphatic hydroxyl groups excluding tert-OH is 1. The Labute approximate surface area is 125 Å². The van der Waals surface area contributed by atoms with Crippen molar-refractivity contribution in [3.8, 4) is 0 Å². The predicted molar refractivity (Wildman–Crippen MR) is 78.2 cm³/mol. The number of nitrogens with one attached hydrogen (secondary N) is 1. The van der Waals surface area contributed by atoms with Crippen LogP contribution in [-0.4, -0.2) is 26.8 Å². The van der Waals surface area contributed by atoms with Gasteiger partial charge in [0.2, 0.25) is 5.91 Å². The second-order valence-electron chi connectivity index (χ2n) is 5.09. The van der Waals surface area contributed by atoms with Gasteiger partial charge in [0.15, 0.2) is 0 Å². The lowest BCUT2D eigenvalue weighted by Crippen LogP contribution is -2.48. The largest absolute Gasteiger partial charge is 0.372 e. The summed E-state index contributed by atoms with van der Waals surface area (Å²) in [7, 11) is 0. The summed E-state index contributed by atoms with van der Waals surface area (Å²) < 4.78 is 1.42. The van der Waals surface area contributed by atoms with Gasteiger partial charge in [-0.3, -0.25) is 14.2 Å². The minimum absolute atomic E-state index is 0.226. The third-order valence-corrected chi connectivity index (χ3v) is 4.04. The first-order valence-corrected chi connectivity index (χ1v) is 7.01. The second-order valence-corrected chi connectivity index (χ2v) is 5.49. The number of halogens is 1. The lowest BCUT2D eigenvalue weighted by atomic mass is 10.0. The molecule has 110 valence electrons. The average molecular weight is 308 g/mol. The first kappa shape index (κ1) is 14.0. The molecule has 1 aromatic heterocycles. The molecule has 2 N–H and O–H groups in total. The van der Waals surface area contributed by atoms with Gasteiger partial charge in [-0.1, -0.05) is 17.7 Å². The standard InChI is InChI=1S/C14H14ClN3O3/c1-7-16-9-4-2-3-8(15)12(9)14(21)18(7)10-5-6-11(19)17-13(10)20/h2-4,10,13,20H,5-6H2,1H3,(H,17,19). The maximum Gasteiger partial charge on any atom is 0.263 e. The zero-order valence-corrected chi connectivity index (χ0v) is 12.1. The number of nitrogens with zero attached hydrogens (tertiary/aromatic N) is 2. The summed E-state index contributed by atoms with van der Waals surface area (Å²) >= 11 is 6.10. The number of hydrogen-bond acceptors (Lipinski definition) is 4. The Hall–Kier alpha value is -1.92. The molecule has 6 nitrogen and oxygen atoms in total. The Kier molecular flexibility index (Phi) is 3.43. The van der Waals surface area contributed by atoms with Gasteiger partial charge in [-0.25, -0.2) is 4.98 Å². The zero-order valence-electron chi connectivity index (χ0n) is 11.3. The zero-order chi connectivity index (χ0) is 15.1. The Morgan fingerprint density at radius 3 is 2.90 bits per heavy atom. The van der Waals surface area contributed by atoms with Crippen LogP contribution in [0.1, 0.15) is 24.7 Å². The average Bonchev–Trinajstić information content (AvgIpc) is 2.40. The smallest absolute Gasteiger partial charge is 0.263 e. The highest BCUT2D eigenvalue weighted by Crippen LogP contribution is 2.24. The SMILES string of the molecule is Cc1nc2cccc(Cl)c2c(=O)n1C1CCC(=O)NC1O. The van der Waals surface area contributed by atoms with Crippen molar-refractivity contribution in [2.75, 3.05) is 0 Å². The molecule has 2 atom stereocenters. The van der Waals surface area contributed by atoms with Crippen molar-refractivity contribution in [3.05, 3.63) is 39.4 Å². The van der Waals surface area contributed by atoms with Gasteiger partial charge in [0.25, 0.3) is 5.56 Å². The van der Waals surface area contributed by atoms with E-state index in [2.05, 4.69) is 10.3 Å². The van der Waals surface area contributed by atoms with Gasteiger partial charge in [0, 0.05) is 6.42 Å². The van der Waals surface area contributed by atoms with Crippen LogP contribution >= 0.6 is 11.6 Å². The van der Waals surface area contributed by atoms with Gasteiger partial charge in [-0.15, -0.1) is 0 Å². The highest BCUT2D eigenvalue weighted by atomic mass is 35.5. The topological polar surface area (TPSA) is 84.2 Å². The van der Waals surface area contributed by atoms with Crippen LogP contribution in [-0.2, 0) is 4.79 Å². The molecular weight excluding hydrogens is 294 g/mol. The molecule has 2 aromatic rings. The molecule has 1 aliphatic heterocycles. The van der Waals surface area contributed by atoms with Crippen molar-refractivity contribution < 1.29 is 9.90 Å². The molecular formula is C14H14ClN3O3. The molecule has 1 aromatic carbocycles. The van der Waals surface area contributed by atoms with E-state index >= 15 is 0 Å². The number of amides is 1. The quantitative estimate of drug-likeness (QED) is 0.827. The number of aliphatic hydroxyl groups is 1. The number of fused-ring (bicyclic) bond motifs is 1. The summed E-state index contributed by atoms with van der Waals surface area (Å²) in [6.45, 7) is 1.70. The Bertz CT molecular complexity index is 787. The predicted octanol–water partition coefficient (Wildman–Crippen LogP) is 1.13. The van der Waals surface area contributed by atoms with E-state index < -0.39 is 12.3 Å². The summed E-state index contributed by atoms with van der Waals surface area (Å²) in [6, 6.07) is 4.55. The van der Waals surface area contributed by atoms with Crippen LogP contribution in [0.5, 0.6) is 0 Å². The molecule has 7 heteroatoms. The highest BCUT2D eigenvalue weighted by Gasteiger charge is 2.30. The van der Waals surface area contributed by atoms with Gasteiger partial charge in [-0.2, -0.15) is 0 Å². The maximum atomic E-state index is 12.7. The van der Waals surface area contributed by atoms with Crippen LogP contribution < -0.4 is 10.9 Å². The van der Waals surface area contributed by atoms with E-state index in [1.807, 2.05) is 0 Å². The first-order chi connectivity index (χ1) is 9.99. The third-order valence-electron chi connectivity index (χ3n) is 3.73. The Morgan fingerprint density at radius 1 is 1.43 bits per heavy atom. The molecule has 0 saturated carbocycles. The van der Waals surface area contributed by atoms with E-state index in [0.29, 0.717) is 28.2 Å². The van der Waals surface area contributed by atoms with Gasteiger partial charge < -0.3 is 10.4 Å². The van der Waals surface area contributed by atoms with E-state index in [4.69, 9.17) is 11.6 Å². The molecule has 3 rings (SSSR count). The van der Waals surface area contributed by atoms with Gasteiger partial charge in [0.05, 0.1) is 22.0 Å². The van der Waals surface area contributed by atoms with Crippen molar-refractivity contribution in [2.24, 2.45) is 0 Å².